The van der Waals surface area contributed by atoms with Crippen LogP contribution in [0.25, 0.3) is 0 Å². The number of rotatable bonds is 9. The Balaban J connectivity index is 1.65. The molecule has 0 bridgehead atoms. The topological polar surface area (TPSA) is 89.5 Å². The van der Waals surface area contributed by atoms with Crippen molar-refractivity contribution < 1.29 is 23.8 Å². The number of benzene rings is 3. The molecule has 1 aliphatic heterocycles. The number of carbonyl (C=O) groups excluding carboxylic acids is 2. The number of amides is 1. The number of nitrogens with one attached hydrogen (secondary N) is 1. The molecule has 8 nitrogen and oxygen atoms in total. The van der Waals surface area contributed by atoms with Gasteiger partial charge in [0.2, 0.25) is 0 Å². The van der Waals surface area contributed by atoms with E-state index >= 15 is 0 Å². The van der Waals surface area contributed by atoms with E-state index in [0.717, 1.165) is 34.8 Å². The molecule has 202 valence electrons. The van der Waals surface area contributed by atoms with Gasteiger partial charge in [-0.05, 0) is 92.1 Å². The van der Waals surface area contributed by atoms with E-state index in [0.29, 0.717) is 23.3 Å². The first-order valence-electron chi connectivity index (χ1n) is 12.7. The zero-order valence-corrected chi connectivity index (χ0v) is 22.9. The molecule has 4 rings (SSSR count). The van der Waals surface area contributed by atoms with Gasteiger partial charge in [-0.25, -0.2) is 10.2 Å². The van der Waals surface area contributed by atoms with E-state index in [1.54, 1.807) is 56.8 Å². The van der Waals surface area contributed by atoms with Gasteiger partial charge in [0, 0.05) is 35.1 Å². The van der Waals surface area contributed by atoms with Crippen molar-refractivity contribution in [2.45, 2.75) is 25.7 Å². The predicted octanol–water partition coefficient (Wildman–Crippen LogP) is 5.13. The molecule has 0 saturated heterocycles. The zero-order chi connectivity index (χ0) is 28.0. The third-order valence-corrected chi connectivity index (χ3v) is 7.02. The van der Waals surface area contributed by atoms with Gasteiger partial charge < -0.3 is 19.1 Å². The zero-order valence-electron chi connectivity index (χ0n) is 22.9. The van der Waals surface area contributed by atoms with Gasteiger partial charge in [0.05, 0.1) is 26.9 Å². The number of ether oxygens (including phenoxy) is 3. The number of fused-ring (bicyclic) bond motifs is 1. The molecule has 0 aliphatic carbocycles. The van der Waals surface area contributed by atoms with Crippen molar-refractivity contribution in [1.82, 2.24) is 5.43 Å². The van der Waals surface area contributed by atoms with Crippen molar-refractivity contribution in [1.29, 1.82) is 0 Å². The van der Waals surface area contributed by atoms with Gasteiger partial charge in [-0.1, -0.05) is 12.1 Å². The Morgan fingerprint density at radius 3 is 2.18 bits per heavy atom. The van der Waals surface area contributed by atoms with Crippen LogP contribution in [0, 0.1) is 0 Å². The Hall–Kier alpha value is -4.59. The number of hydrogen-bond donors (Lipinski definition) is 1. The van der Waals surface area contributed by atoms with Crippen LogP contribution in [0.1, 0.15) is 45.7 Å². The van der Waals surface area contributed by atoms with Gasteiger partial charge in [0.1, 0.15) is 11.5 Å². The number of allylic oxidation sites excluding steroid dienone is 2. The largest absolute Gasteiger partial charge is 0.497 e. The van der Waals surface area contributed by atoms with Crippen LogP contribution in [0.15, 0.2) is 83.6 Å². The monoisotopic (exact) mass is 527 g/mol. The van der Waals surface area contributed by atoms with Crippen LogP contribution >= 0.6 is 0 Å². The Morgan fingerprint density at radius 1 is 0.923 bits per heavy atom. The highest BCUT2D eigenvalue weighted by atomic mass is 16.5. The number of hydrazone groups is 1. The Kier molecular flexibility index (Phi) is 8.34. The van der Waals surface area contributed by atoms with Crippen molar-refractivity contribution >= 4 is 23.8 Å². The normalized spacial score (nSPS) is 17.3. The van der Waals surface area contributed by atoms with E-state index in [9.17, 15) is 9.59 Å². The van der Waals surface area contributed by atoms with E-state index < -0.39 is 5.41 Å². The second-order valence-electron chi connectivity index (χ2n) is 9.32. The van der Waals surface area contributed by atoms with Gasteiger partial charge >= 0.3 is 5.97 Å². The van der Waals surface area contributed by atoms with Crippen LogP contribution in [-0.2, 0) is 16.6 Å². The highest BCUT2D eigenvalue weighted by Crippen LogP contribution is 2.50. The van der Waals surface area contributed by atoms with Crippen LogP contribution < -0.4 is 19.8 Å². The van der Waals surface area contributed by atoms with Gasteiger partial charge in [-0.15, -0.1) is 0 Å². The summed E-state index contributed by atoms with van der Waals surface area (Å²) in [5, 5.41) is 4.20. The number of carbonyl (C=O) groups is 2. The first-order chi connectivity index (χ1) is 18.8. The van der Waals surface area contributed by atoms with Gasteiger partial charge in [0.15, 0.2) is 0 Å². The van der Waals surface area contributed by atoms with Crippen LogP contribution in [0.2, 0.25) is 0 Å². The third-order valence-electron chi connectivity index (χ3n) is 7.02. The average Bonchev–Trinajstić information content (AvgIpc) is 3.21. The van der Waals surface area contributed by atoms with Crippen LogP contribution in [0.3, 0.4) is 0 Å². The molecule has 1 heterocycles. The summed E-state index contributed by atoms with van der Waals surface area (Å²) in [6, 6.07) is 20.4. The Labute approximate surface area is 228 Å². The van der Waals surface area contributed by atoms with E-state index in [4.69, 9.17) is 14.2 Å². The maximum atomic E-state index is 12.5. The molecule has 0 spiro atoms. The van der Waals surface area contributed by atoms with Crippen molar-refractivity contribution in [2.75, 3.05) is 32.8 Å². The summed E-state index contributed by atoms with van der Waals surface area (Å²) < 4.78 is 15.5. The standard InChI is InChI=1S/C31H33N3O5/c1-6-34-27-16-15-25(38-4)19-26(27)31(2,20-21-7-9-23(10-8-21)30(36)39-5)28(34)17-18-32-33-29(35)22-11-13-24(37-3)14-12-22/h7-19H,6,20H2,1-5H3,(H,33,35)/b28-17-,32-18+. The number of anilines is 1. The van der Waals surface area contributed by atoms with Crippen molar-refractivity contribution in [3.8, 4) is 11.5 Å². The molecule has 0 fully saturated rings. The fourth-order valence-corrected chi connectivity index (χ4v) is 4.98. The third kappa shape index (κ3) is 5.65. The summed E-state index contributed by atoms with van der Waals surface area (Å²) in [4.78, 5) is 26.7. The summed E-state index contributed by atoms with van der Waals surface area (Å²) in [6.45, 7) is 5.03. The minimum Gasteiger partial charge on any atom is -0.497 e. The van der Waals surface area contributed by atoms with E-state index in [1.807, 2.05) is 24.3 Å². The minimum absolute atomic E-state index is 0.312. The second kappa shape index (κ2) is 11.9. The number of nitrogens with zero attached hydrogens (tertiary/aromatic N) is 2. The van der Waals surface area contributed by atoms with Crippen molar-refractivity contribution in [3.05, 3.63) is 101 Å². The number of methoxy groups -OCH3 is 3. The van der Waals surface area contributed by atoms with E-state index in [1.165, 1.54) is 7.11 Å². The molecule has 0 saturated carbocycles. The molecule has 8 heteroatoms. The molecule has 3 aromatic rings. The lowest BCUT2D eigenvalue weighted by molar-refractivity contribution is 0.0600. The molecule has 39 heavy (non-hydrogen) atoms. The predicted molar refractivity (Wildman–Crippen MR) is 152 cm³/mol. The lowest BCUT2D eigenvalue weighted by atomic mass is 9.76. The lowest BCUT2D eigenvalue weighted by Crippen LogP contribution is -2.31. The Morgan fingerprint density at radius 2 is 1.56 bits per heavy atom. The first kappa shape index (κ1) is 27.4. The lowest BCUT2D eigenvalue weighted by Gasteiger charge is -2.30. The average molecular weight is 528 g/mol. The molecule has 1 atom stereocenters. The van der Waals surface area contributed by atoms with Crippen LogP contribution in [0.5, 0.6) is 11.5 Å². The summed E-state index contributed by atoms with van der Waals surface area (Å²) in [6.07, 6.45) is 4.22. The van der Waals surface area contributed by atoms with Gasteiger partial charge in [-0.3, -0.25) is 4.79 Å². The first-order valence-corrected chi connectivity index (χ1v) is 12.7. The van der Waals surface area contributed by atoms with Crippen LogP contribution in [-0.4, -0.2) is 46.0 Å². The van der Waals surface area contributed by atoms with E-state index in [2.05, 4.69) is 41.4 Å². The summed E-state index contributed by atoms with van der Waals surface area (Å²) in [5.74, 6) is 0.775. The molecular weight excluding hydrogens is 494 g/mol. The van der Waals surface area contributed by atoms with Gasteiger partial charge in [0.25, 0.3) is 5.91 Å². The molecule has 3 aromatic carbocycles. The van der Waals surface area contributed by atoms with Crippen molar-refractivity contribution in [3.63, 3.8) is 0 Å². The summed E-state index contributed by atoms with van der Waals surface area (Å²) >= 11 is 0. The molecule has 1 amide bonds. The van der Waals surface area contributed by atoms with Gasteiger partial charge in [-0.2, -0.15) is 5.10 Å². The molecular formula is C31H33N3O5. The maximum Gasteiger partial charge on any atom is 0.337 e. The quantitative estimate of drug-likeness (QED) is 0.236. The number of esters is 1. The smallest absolute Gasteiger partial charge is 0.337 e. The molecule has 1 N–H and O–H groups in total. The highest BCUT2D eigenvalue weighted by Gasteiger charge is 2.43. The van der Waals surface area contributed by atoms with Crippen LogP contribution in [0.4, 0.5) is 5.69 Å². The minimum atomic E-state index is -0.432. The fraction of sp³-hybridized carbons (Fsp3) is 0.258. The summed E-state index contributed by atoms with van der Waals surface area (Å²) in [7, 11) is 4.61. The SMILES string of the molecule is CCN1/C(=C\C=N\NC(=O)c2ccc(OC)cc2)C(C)(Cc2ccc(C(=O)OC)cc2)c2cc(OC)ccc21. The highest BCUT2D eigenvalue weighted by molar-refractivity contribution is 5.94. The summed E-state index contributed by atoms with van der Waals surface area (Å²) in [5.41, 5.74) is 7.47. The Bertz CT molecular complexity index is 1400. The van der Waals surface area contributed by atoms with E-state index in [-0.39, 0.29) is 11.9 Å². The second-order valence-corrected chi connectivity index (χ2v) is 9.32. The number of likely N-dealkylation sites (N-methyl/N-ethyl adjacent to an activating group) is 1. The fourth-order valence-electron chi connectivity index (χ4n) is 4.98. The molecule has 0 radical (unpaired) electrons. The molecule has 1 unspecified atom stereocenters. The number of hydrogen-bond acceptors (Lipinski definition) is 7. The maximum absolute atomic E-state index is 12.5. The molecule has 0 aromatic heterocycles. The van der Waals surface area contributed by atoms with Crippen molar-refractivity contribution in [2.24, 2.45) is 5.10 Å². The molecule has 1 aliphatic rings.